The molecule has 1 aromatic rings. The van der Waals surface area contributed by atoms with Gasteiger partial charge in [0.2, 0.25) is 5.91 Å². The van der Waals surface area contributed by atoms with Gasteiger partial charge in [0.1, 0.15) is 15.5 Å². The highest BCUT2D eigenvalue weighted by Gasteiger charge is 2.52. The molecule has 1 saturated heterocycles. The Labute approximate surface area is 166 Å². The highest BCUT2D eigenvalue weighted by Crippen LogP contribution is 2.35. The third-order valence-corrected chi connectivity index (χ3v) is 6.32. The summed E-state index contributed by atoms with van der Waals surface area (Å²) in [6, 6.07) is -0.0307. The average Bonchev–Trinajstić information content (AvgIpc) is 2.61. The molecule has 154 valence electrons. The Kier molecular flexibility index (Phi) is 6.09. The number of nitrogens with one attached hydrogen (secondary N) is 1. The normalized spacial score (nSPS) is 19.6. The zero-order valence-electron chi connectivity index (χ0n) is 14.9. The van der Waals surface area contributed by atoms with Crippen LogP contribution in [-0.4, -0.2) is 69.8 Å². The van der Waals surface area contributed by atoms with Crippen LogP contribution < -0.4 is 5.32 Å². The number of nitrogens with zero attached hydrogens (tertiary/aromatic N) is 1. The minimum Gasteiger partial charge on any atom is -0.504 e. The Morgan fingerprint density at radius 2 is 2.00 bits per heavy atom. The predicted octanol–water partition coefficient (Wildman–Crippen LogP) is -0.0749. The van der Waals surface area contributed by atoms with Gasteiger partial charge in [0.15, 0.2) is 17.5 Å². The molecule has 1 aromatic carbocycles. The summed E-state index contributed by atoms with van der Waals surface area (Å²) in [5.41, 5.74) is -0.249. The third kappa shape index (κ3) is 3.72. The topological polar surface area (TPSA) is 161 Å². The molecule has 10 nitrogen and oxygen atoms in total. The number of likely N-dealkylation sites (tertiary alicyclic amines) is 1. The SMILES string of the molecule is C[C@@H]1CC(=O)N1[C@@H](C(=O)O)[C@](C)(CNC(=O)c1ccc(O)c(O)c1Cl)[SH](=O)=O. The molecule has 0 bridgehead atoms. The van der Waals surface area contributed by atoms with E-state index in [2.05, 4.69) is 5.32 Å². The fourth-order valence-electron chi connectivity index (χ4n) is 3.02. The van der Waals surface area contributed by atoms with Crippen molar-refractivity contribution in [3.63, 3.8) is 0 Å². The van der Waals surface area contributed by atoms with Gasteiger partial charge in [0.25, 0.3) is 5.91 Å². The van der Waals surface area contributed by atoms with Gasteiger partial charge in [-0.25, -0.2) is 13.2 Å². The number of hydrogen-bond acceptors (Lipinski definition) is 7. The zero-order chi connectivity index (χ0) is 21.4. The van der Waals surface area contributed by atoms with E-state index in [9.17, 15) is 38.1 Å². The number of hydrogen-bond donors (Lipinski definition) is 5. The molecule has 0 radical (unpaired) electrons. The fourth-order valence-corrected chi connectivity index (χ4v) is 3.91. The van der Waals surface area contributed by atoms with Crippen molar-refractivity contribution in [3.05, 3.63) is 22.7 Å². The highest BCUT2D eigenvalue weighted by molar-refractivity contribution is 7.74. The van der Waals surface area contributed by atoms with E-state index in [4.69, 9.17) is 11.6 Å². The Morgan fingerprint density at radius 1 is 1.39 bits per heavy atom. The molecule has 0 spiro atoms. The number of aromatic hydroxyl groups is 2. The van der Waals surface area contributed by atoms with Crippen LogP contribution in [-0.2, 0) is 20.3 Å². The molecule has 2 rings (SSSR count). The van der Waals surface area contributed by atoms with Gasteiger partial charge in [-0.2, -0.15) is 0 Å². The molecule has 2 amide bonds. The second-order valence-corrected chi connectivity index (χ2v) is 8.60. The molecular formula is C16H19ClN2O8S. The molecule has 3 atom stereocenters. The van der Waals surface area contributed by atoms with Gasteiger partial charge in [-0.15, -0.1) is 0 Å². The van der Waals surface area contributed by atoms with Crippen molar-refractivity contribution in [2.75, 3.05) is 6.54 Å². The van der Waals surface area contributed by atoms with E-state index in [0.29, 0.717) is 0 Å². The first-order valence-corrected chi connectivity index (χ1v) is 9.64. The standard InChI is InChI=1S/C16H19ClN2O8S/c1-7-5-10(21)19(7)13(15(24)25)16(2,28(26)27)6-18-14(23)8-3-4-9(20)12(22)11(8)17/h3-4,7,13,20,22,28H,5-6H2,1-2H3,(H,18,23)(H,24,25)/t7-,13+,16+/m1/s1. The molecule has 1 fully saturated rings. The van der Waals surface area contributed by atoms with E-state index in [1.54, 1.807) is 6.92 Å². The first kappa shape index (κ1) is 21.8. The average molecular weight is 435 g/mol. The van der Waals surface area contributed by atoms with Crippen LogP contribution >= 0.6 is 11.6 Å². The summed E-state index contributed by atoms with van der Waals surface area (Å²) < 4.78 is 21.8. The third-order valence-electron chi connectivity index (χ3n) is 4.70. The summed E-state index contributed by atoms with van der Waals surface area (Å²) in [7, 11) is -3.39. The van der Waals surface area contributed by atoms with Crippen molar-refractivity contribution in [1.82, 2.24) is 10.2 Å². The summed E-state index contributed by atoms with van der Waals surface area (Å²) in [6.45, 7) is 2.08. The van der Waals surface area contributed by atoms with Gasteiger partial charge < -0.3 is 25.5 Å². The zero-order valence-corrected chi connectivity index (χ0v) is 16.5. The van der Waals surface area contributed by atoms with Crippen molar-refractivity contribution in [3.8, 4) is 11.5 Å². The molecular weight excluding hydrogens is 416 g/mol. The van der Waals surface area contributed by atoms with Gasteiger partial charge in [0, 0.05) is 19.0 Å². The Morgan fingerprint density at radius 3 is 2.46 bits per heavy atom. The van der Waals surface area contributed by atoms with Crippen molar-refractivity contribution >= 4 is 40.1 Å². The summed E-state index contributed by atoms with van der Waals surface area (Å²) in [4.78, 5) is 36.9. The molecule has 0 aliphatic carbocycles. The number of phenols is 2. The minimum atomic E-state index is -3.39. The maximum Gasteiger partial charge on any atom is 0.328 e. The number of β-lactam (4-membered cyclic amide) rings is 1. The number of thiol groups is 1. The van der Waals surface area contributed by atoms with Crippen LogP contribution in [0.1, 0.15) is 30.6 Å². The maximum atomic E-state index is 12.4. The lowest BCUT2D eigenvalue weighted by atomic mass is 9.91. The summed E-state index contributed by atoms with van der Waals surface area (Å²) >= 11 is 5.80. The summed E-state index contributed by atoms with van der Waals surface area (Å²) in [5, 5.41) is 30.4. The van der Waals surface area contributed by atoms with Crippen LogP contribution in [0.5, 0.6) is 11.5 Å². The lowest BCUT2D eigenvalue weighted by Gasteiger charge is -2.47. The first-order valence-electron chi connectivity index (χ1n) is 8.09. The van der Waals surface area contributed by atoms with Crippen LogP contribution in [0, 0.1) is 0 Å². The number of benzene rings is 1. The second-order valence-electron chi connectivity index (χ2n) is 6.69. The van der Waals surface area contributed by atoms with Crippen molar-refractivity contribution < 1.29 is 38.1 Å². The van der Waals surface area contributed by atoms with Crippen molar-refractivity contribution in [2.24, 2.45) is 0 Å². The molecule has 12 heteroatoms. The molecule has 4 N–H and O–H groups in total. The van der Waals surface area contributed by atoms with Gasteiger partial charge in [-0.1, -0.05) is 11.6 Å². The Balaban J connectivity index is 2.31. The van der Waals surface area contributed by atoms with Gasteiger partial charge in [0.05, 0.1) is 10.6 Å². The largest absolute Gasteiger partial charge is 0.504 e. The molecule has 1 heterocycles. The number of carbonyl (C=O) groups excluding carboxylic acids is 2. The number of phenolic OH excluding ortho intramolecular Hbond substituents is 2. The smallest absolute Gasteiger partial charge is 0.328 e. The summed E-state index contributed by atoms with van der Waals surface area (Å²) in [5.74, 6) is -4.19. The van der Waals surface area contributed by atoms with Gasteiger partial charge in [-0.05, 0) is 26.0 Å². The number of aliphatic carboxylic acids is 1. The predicted molar refractivity (Wildman–Crippen MR) is 98.2 cm³/mol. The molecule has 28 heavy (non-hydrogen) atoms. The van der Waals surface area contributed by atoms with E-state index >= 15 is 0 Å². The molecule has 0 unspecified atom stereocenters. The van der Waals surface area contributed by atoms with Gasteiger partial charge >= 0.3 is 5.97 Å². The van der Waals surface area contributed by atoms with Gasteiger partial charge in [-0.3, -0.25) is 9.59 Å². The summed E-state index contributed by atoms with van der Waals surface area (Å²) in [6.07, 6.45) is 0.101. The number of halogens is 1. The molecule has 1 aliphatic rings. The van der Waals surface area contributed by atoms with E-state index in [1.165, 1.54) is 0 Å². The first-order chi connectivity index (χ1) is 12.9. The van der Waals surface area contributed by atoms with Crippen LogP contribution in [0.15, 0.2) is 12.1 Å². The maximum absolute atomic E-state index is 12.4. The number of rotatable bonds is 7. The monoisotopic (exact) mass is 434 g/mol. The van der Waals surface area contributed by atoms with Crippen LogP contribution in [0.3, 0.4) is 0 Å². The lowest BCUT2D eigenvalue weighted by Crippen LogP contribution is -2.68. The quantitative estimate of drug-likeness (QED) is 0.226. The van der Waals surface area contributed by atoms with Crippen LogP contribution in [0.25, 0.3) is 0 Å². The van der Waals surface area contributed by atoms with Crippen molar-refractivity contribution in [1.29, 1.82) is 0 Å². The number of carboxylic acids is 1. The van der Waals surface area contributed by atoms with Crippen LogP contribution in [0.2, 0.25) is 5.02 Å². The second kappa shape index (κ2) is 7.84. The lowest BCUT2D eigenvalue weighted by molar-refractivity contribution is -0.162. The number of carbonyl (C=O) groups is 3. The van der Waals surface area contributed by atoms with E-state index in [1.807, 2.05) is 0 Å². The highest BCUT2D eigenvalue weighted by atomic mass is 35.5. The molecule has 1 aliphatic heterocycles. The Hall–Kier alpha value is -2.53. The van der Waals surface area contributed by atoms with E-state index < -0.39 is 68.4 Å². The van der Waals surface area contributed by atoms with E-state index in [-0.39, 0.29) is 12.0 Å². The fraction of sp³-hybridized carbons (Fsp3) is 0.438. The minimum absolute atomic E-state index is 0.101. The Bertz CT molecular complexity index is 910. The van der Waals surface area contributed by atoms with Crippen molar-refractivity contribution in [2.45, 2.75) is 37.1 Å². The number of amides is 2. The molecule has 0 saturated carbocycles. The van der Waals surface area contributed by atoms with E-state index in [0.717, 1.165) is 24.0 Å². The van der Waals surface area contributed by atoms with Crippen LogP contribution in [0.4, 0.5) is 0 Å². The number of carboxylic acid groups (broad SMARTS) is 1. The molecule has 0 aromatic heterocycles.